The fraction of sp³-hybridized carbons (Fsp3) is 0.474. The molecule has 1 amide bonds. The highest BCUT2D eigenvalue weighted by Gasteiger charge is 2.34. The lowest BCUT2D eigenvalue weighted by atomic mass is 9.80. The number of nitrogens with zero attached hydrogens (tertiary/aromatic N) is 2. The van der Waals surface area contributed by atoms with Gasteiger partial charge in [-0.1, -0.05) is 5.16 Å². The Kier molecular flexibility index (Phi) is 4.97. The van der Waals surface area contributed by atoms with Crippen LogP contribution < -0.4 is 15.0 Å². The van der Waals surface area contributed by atoms with E-state index >= 15 is 0 Å². The summed E-state index contributed by atoms with van der Waals surface area (Å²) in [6.45, 7) is 3.38. The molecule has 0 radical (unpaired) electrons. The van der Waals surface area contributed by atoms with Gasteiger partial charge >= 0.3 is 0 Å². The maximum atomic E-state index is 11.1. The number of aromatic nitrogens is 1. The van der Waals surface area contributed by atoms with Crippen LogP contribution in [-0.2, 0) is 4.79 Å². The molecule has 25 heavy (non-hydrogen) atoms. The van der Waals surface area contributed by atoms with Gasteiger partial charge in [0.1, 0.15) is 5.75 Å². The standard InChI is InChI=1S/C19H25N3O3/c1-12(20-13(2)23)19-11-18(21-25-19)14-9-17(10-14)24-16-7-5-15(6-8-16)22(3)4/h5-8,11-12,14,17H,9-10H2,1-4H3,(H,20,23)/t12-,14?,17?/m0/s1. The number of hydrogen-bond donors (Lipinski definition) is 1. The van der Waals surface area contributed by atoms with Crippen LogP contribution in [0.25, 0.3) is 0 Å². The van der Waals surface area contributed by atoms with Crippen molar-refractivity contribution in [3.05, 3.63) is 41.8 Å². The van der Waals surface area contributed by atoms with Gasteiger partial charge in [0.15, 0.2) is 5.76 Å². The molecule has 1 aromatic heterocycles. The highest BCUT2D eigenvalue weighted by molar-refractivity contribution is 5.73. The third-order valence-electron chi connectivity index (χ3n) is 4.56. The highest BCUT2D eigenvalue weighted by Crippen LogP contribution is 2.39. The summed E-state index contributed by atoms with van der Waals surface area (Å²) in [6, 6.07) is 9.89. The molecule has 1 aromatic carbocycles. The number of hydrogen-bond acceptors (Lipinski definition) is 5. The largest absolute Gasteiger partial charge is 0.490 e. The molecule has 1 aliphatic rings. The van der Waals surface area contributed by atoms with Crippen molar-refractivity contribution < 1.29 is 14.1 Å². The van der Waals surface area contributed by atoms with Gasteiger partial charge < -0.3 is 19.5 Å². The average molecular weight is 343 g/mol. The van der Waals surface area contributed by atoms with Gasteiger partial charge in [0.05, 0.1) is 17.8 Å². The fourth-order valence-electron chi connectivity index (χ4n) is 2.99. The van der Waals surface area contributed by atoms with E-state index in [0.717, 1.165) is 30.0 Å². The molecule has 134 valence electrons. The summed E-state index contributed by atoms with van der Waals surface area (Å²) >= 11 is 0. The van der Waals surface area contributed by atoms with Gasteiger partial charge in [-0.25, -0.2) is 0 Å². The molecule has 2 aromatic rings. The quantitative estimate of drug-likeness (QED) is 0.872. The zero-order valence-corrected chi connectivity index (χ0v) is 15.2. The molecule has 1 aliphatic carbocycles. The van der Waals surface area contributed by atoms with Crippen LogP contribution in [0.2, 0.25) is 0 Å². The van der Waals surface area contributed by atoms with Gasteiger partial charge in [-0.05, 0) is 44.0 Å². The van der Waals surface area contributed by atoms with Crippen molar-refractivity contribution in [2.45, 2.75) is 44.8 Å². The third kappa shape index (κ3) is 4.13. The number of ether oxygens (including phenoxy) is 1. The molecule has 1 N–H and O–H groups in total. The molecular weight excluding hydrogens is 318 g/mol. The van der Waals surface area contributed by atoms with E-state index in [4.69, 9.17) is 9.26 Å². The second-order valence-electron chi connectivity index (χ2n) is 6.87. The maximum Gasteiger partial charge on any atom is 0.217 e. The van der Waals surface area contributed by atoms with Gasteiger partial charge in [-0.15, -0.1) is 0 Å². The Labute approximate surface area is 148 Å². The van der Waals surface area contributed by atoms with E-state index in [2.05, 4.69) is 27.5 Å². The number of carbonyl (C=O) groups excluding carboxylic acids is 1. The summed E-state index contributed by atoms with van der Waals surface area (Å²) in [7, 11) is 4.04. The van der Waals surface area contributed by atoms with Crippen LogP contribution in [0.3, 0.4) is 0 Å². The zero-order valence-electron chi connectivity index (χ0n) is 15.2. The van der Waals surface area contributed by atoms with Gasteiger partial charge in [0, 0.05) is 38.7 Å². The summed E-state index contributed by atoms with van der Waals surface area (Å²) < 4.78 is 11.4. The Morgan fingerprint density at radius 3 is 2.60 bits per heavy atom. The van der Waals surface area contributed by atoms with E-state index in [0.29, 0.717) is 11.7 Å². The molecule has 0 spiro atoms. The van der Waals surface area contributed by atoms with Gasteiger partial charge in [-0.2, -0.15) is 0 Å². The van der Waals surface area contributed by atoms with Crippen molar-refractivity contribution in [2.75, 3.05) is 19.0 Å². The van der Waals surface area contributed by atoms with Gasteiger partial charge in [0.25, 0.3) is 0 Å². The first-order valence-electron chi connectivity index (χ1n) is 8.60. The van der Waals surface area contributed by atoms with E-state index in [1.807, 2.05) is 39.2 Å². The zero-order chi connectivity index (χ0) is 18.0. The first-order chi connectivity index (χ1) is 11.9. The summed E-state index contributed by atoms with van der Waals surface area (Å²) in [5.41, 5.74) is 2.09. The number of nitrogens with one attached hydrogen (secondary N) is 1. The maximum absolute atomic E-state index is 11.1. The van der Waals surface area contributed by atoms with Crippen LogP contribution in [0.5, 0.6) is 5.75 Å². The predicted octanol–water partition coefficient (Wildman–Crippen LogP) is 3.26. The SMILES string of the molecule is CC(=O)N[C@@H](C)c1cc(C2CC(Oc3ccc(N(C)C)cc3)C2)no1. The van der Waals surface area contributed by atoms with Crippen LogP contribution >= 0.6 is 0 Å². The summed E-state index contributed by atoms with van der Waals surface area (Å²) in [4.78, 5) is 13.2. The minimum Gasteiger partial charge on any atom is -0.490 e. The van der Waals surface area contributed by atoms with Gasteiger partial charge in [-0.3, -0.25) is 4.79 Å². The summed E-state index contributed by atoms with van der Waals surface area (Å²) in [5.74, 6) is 1.86. The van der Waals surface area contributed by atoms with E-state index in [1.54, 1.807) is 0 Å². The Bertz CT molecular complexity index is 718. The lowest BCUT2D eigenvalue weighted by Crippen LogP contribution is -2.32. The Hall–Kier alpha value is -2.50. The minimum absolute atomic E-state index is 0.0807. The monoisotopic (exact) mass is 343 g/mol. The van der Waals surface area contributed by atoms with Crippen molar-refractivity contribution in [3.63, 3.8) is 0 Å². The fourth-order valence-corrected chi connectivity index (χ4v) is 2.99. The Balaban J connectivity index is 1.51. The molecule has 3 rings (SSSR count). The highest BCUT2D eigenvalue weighted by atomic mass is 16.5. The number of carbonyl (C=O) groups is 1. The van der Waals surface area contributed by atoms with Crippen LogP contribution in [-0.4, -0.2) is 31.3 Å². The number of benzene rings is 1. The molecule has 1 atom stereocenters. The normalized spacial score (nSPS) is 20.5. The minimum atomic E-state index is -0.166. The molecule has 1 heterocycles. The van der Waals surface area contributed by atoms with E-state index in [9.17, 15) is 4.79 Å². The van der Waals surface area contributed by atoms with E-state index in [-0.39, 0.29) is 18.1 Å². The van der Waals surface area contributed by atoms with Crippen molar-refractivity contribution >= 4 is 11.6 Å². The van der Waals surface area contributed by atoms with Crippen LogP contribution in [0.15, 0.2) is 34.9 Å². The van der Waals surface area contributed by atoms with Crippen molar-refractivity contribution in [3.8, 4) is 5.75 Å². The third-order valence-corrected chi connectivity index (χ3v) is 4.56. The predicted molar refractivity (Wildman–Crippen MR) is 95.9 cm³/mol. The van der Waals surface area contributed by atoms with E-state index < -0.39 is 0 Å². The van der Waals surface area contributed by atoms with Crippen molar-refractivity contribution in [1.82, 2.24) is 10.5 Å². The smallest absolute Gasteiger partial charge is 0.217 e. The van der Waals surface area contributed by atoms with Gasteiger partial charge in [0.2, 0.25) is 5.91 Å². The van der Waals surface area contributed by atoms with E-state index in [1.165, 1.54) is 6.92 Å². The molecule has 0 saturated heterocycles. The Morgan fingerprint density at radius 2 is 2.00 bits per heavy atom. The number of rotatable bonds is 6. The molecule has 1 fully saturated rings. The topological polar surface area (TPSA) is 67.6 Å². The lowest BCUT2D eigenvalue weighted by Gasteiger charge is -2.34. The first-order valence-corrected chi connectivity index (χ1v) is 8.60. The molecule has 0 aliphatic heterocycles. The molecule has 6 heteroatoms. The molecule has 6 nitrogen and oxygen atoms in total. The Morgan fingerprint density at radius 1 is 1.32 bits per heavy atom. The number of anilines is 1. The van der Waals surface area contributed by atoms with Crippen LogP contribution in [0.4, 0.5) is 5.69 Å². The number of amides is 1. The lowest BCUT2D eigenvalue weighted by molar-refractivity contribution is -0.119. The molecule has 0 unspecified atom stereocenters. The average Bonchev–Trinajstić information content (AvgIpc) is 2.99. The van der Waals surface area contributed by atoms with Crippen LogP contribution in [0.1, 0.15) is 50.1 Å². The van der Waals surface area contributed by atoms with Crippen LogP contribution in [0, 0.1) is 0 Å². The summed E-state index contributed by atoms with van der Waals surface area (Å²) in [5, 5.41) is 6.95. The van der Waals surface area contributed by atoms with Crippen molar-refractivity contribution in [2.24, 2.45) is 0 Å². The van der Waals surface area contributed by atoms with Crippen molar-refractivity contribution in [1.29, 1.82) is 0 Å². The molecule has 0 bridgehead atoms. The summed E-state index contributed by atoms with van der Waals surface area (Å²) in [6.07, 6.45) is 2.06. The second kappa shape index (κ2) is 7.17. The second-order valence-corrected chi connectivity index (χ2v) is 6.87. The first kappa shape index (κ1) is 17.3. The molecule has 1 saturated carbocycles. The molecular formula is C19H25N3O3.